The first-order chi connectivity index (χ1) is 10.6. The number of benzene rings is 2. The summed E-state index contributed by atoms with van der Waals surface area (Å²) in [5, 5.41) is 0.756. The third-order valence-electron chi connectivity index (χ3n) is 3.52. The van der Waals surface area contributed by atoms with E-state index >= 15 is 0 Å². The molecule has 0 saturated carbocycles. The Morgan fingerprint density at radius 3 is 2.50 bits per heavy atom. The van der Waals surface area contributed by atoms with Crippen LogP contribution >= 0.6 is 0 Å². The van der Waals surface area contributed by atoms with Crippen molar-refractivity contribution in [3.05, 3.63) is 66.1 Å². The molecule has 4 heteroatoms. The van der Waals surface area contributed by atoms with Crippen molar-refractivity contribution < 1.29 is 9.18 Å². The highest BCUT2D eigenvalue weighted by molar-refractivity contribution is 5.96. The van der Waals surface area contributed by atoms with E-state index in [4.69, 9.17) is 0 Å². The van der Waals surface area contributed by atoms with Crippen LogP contribution in [0.2, 0.25) is 0 Å². The van der Waals surface area contributed by atoms with Gasteiger partial charge in [-0.1, -0.05) is 18.2 Å². The van der Waals surface area contributed by atoms with Crippen LogP contribution in [0.3, 0.4) is 0 Å². The summed E-state index contributed by atoms with van der Waals surface area (Å²) in [6.07, 6.45) is 1.69. The van der Waals surface area contributed by atoms with Gasteiger partial charge >= 0.3 is 0 Å². The van der Waals surface area contributed by atoms with E-state index < -0.39 is 0 Å². The van der Waals surface area contributed by atoms with Crippen LogP contribution in [-0.2, 0) is 0 Å². The van der Waals surface area contributed by atoms with Crippen molar-refractivity contribution >= 4 is 16.8 Å². The molecular formula is C18H15FN2O. The maximum Gasteiger partial charge on any atom is 0.253 e. The largest absolute Gasteiger partial charge is 0.345 e. The number of pyridine rings is 1. The van der Waals surface area contributed by atoms with E-state index in [1.54, 1.807) is 38.5 Å². The van der Waals surface area contributed by atoms with E-state index in [1.165, 1.54) is 17.0 Å². The number of hydrogen-bond acceptors (Lipinski definition) is 2. The highest BCUT2D eigenvalue weighted by Gasteiger charge is 2.10. The minimum Gasteiger partial charge on any atom is -0.345 e. The van der Waals surface area contributed by atoms with E-state index in [9.17, 15) is 9.18 Å². The van der Waals surface area contributed by atoms with Crippen molar-refractivity contribution in [2.24, 2.45) is 0 Å². The Balaban J connectivity index is 2.10. The molecule has 0 saturated heterocycles. The monoisotopic (exact) mass is 294 g/mol. The summed E-state index contributed by atoms with van der Waals surface area (Å²) in [6.45, 7) is 0. The fraction of sp³-hybridized carbons (Fsp3) is 0.111. The number of aromatic nitrogens is 1. The Bertz CT molecular complexity index is 841. The number of hydrogen-bond donors (Lipinski definition) is 0. The summed E-state index contributed by atoms with van der Waals surface area (Å²) < 4.78 is 13.8. The van der Waals surface area contributed by atoms with E-state index in [2.05, 4.69) is 4.98 Å². The molecule has 0 unspecified atom stereocenters. The highest BCUT2D eigenvalue weighted by atomic mass is 19.1. The molecule has 0 N–H and O–H groups in total. The molecule has 22 heavy (non-hydrogen) atoms. The number of nitrogens with zero attached hydrogens (tertiary/aromatic N) is 2. The van der Waals surface area contributed by atoms with Crippen LogP contribution in [-0.4, -0.2) is 29.9 Å². The zero-order chi connectivity index (χ0) is 15.7. The average Bonchev–Trinajstić information content (AvgIpc) is 2.53. The molecule has 2 aromatic carbocycles. The molecule has 0 fully saturated rings. The van der Waals surface area contributed by atoms with E-state index in [1.807, 2.05) is 18.2 Å². The van der Waals surface area contributed by atoms with E-state index in [0.717, 1.165) is 22.0 Å². The minimum atomic E-state index is -0.302. The molecule has 3 rings (SSSR count). The molecule has 0 radical (unpaired) electrons. The minimum absolute atomic E-state index is 0.0613. The number of rotatable bonds is 2. The fourth-order valence-electron chi connectivity index (χ4n) is 2.43. The van der Waals surface area contributed by atoms with Crippen molar-refractivity contribution in [3.63, 3.8) is 0 Å². The third-order valence-corrected chi connectivity index (χ3v) is 3.52. The average molecular weight is 294 g/mol. The molecule has 1 aromatic heterocycles. The van der Waals surface area contributed by atoms with Gasteiger partial charge in [-0.3, -0.25) is 9.78 Å². The lowest BCUT2D eigenvalue weighted by atomic mass is 10.0. The molecule has 0 aliphatic rings. The molecule has 0 aliphatic carbocycles. The van der Waals surface area contributed by atoms with Crippen LogP contribution in [0.15, 0.2) is 54.7 Å². The van der Waals surface area contributed by atoms with Gasteiger partial charge in [0.1, 0.15) is 5.82 Å². The van der Waals surface area contributed by atoms with Gasteiger partial charge in [0.15, 0.2) is 0 Å². The molecule has 0 bridgehead atoms. The number of carbonyl (C=O) groups excluding carboxylic acids is 1. The van der Waals surface area contributed by atoms with Crippen molar-refractivity contribution in [3.8, 4) is 11.1 Å². The SMILES string of the molecule is CN(C)C(=O)c1ccc(-c2cc(F)cc3cccnc23)cc1. The lowest BCUT2D eigenvalue weighted by molar-refractivity contribution is 0.0827. The summed E-state index contributed by atoms with van der Waals surface area (Å²) in [6, 6.07) is 13.7. The van der Waals surface area contributed by atoms with Gasteiger partial charge in [-0.25, -0.2) is 4.39 Å². The Morgan fingerprint density at radius 1 is 1.09 bits per heavy atom. The first-order valence-electron chi connectivity index (χ1n) is 6.92. The lowest BCUT2D eigenvalue weighted by Crippen LogP contribution is -2.21. The maximum atomic E-state index is 13.8. The van der Waals surface area contributed by atoms with Crippen molar-refractivity contribution in [2.45, 2.75) is 0 Å². The predicted molar refractivity (Wildman–Crippen MR) is 85.2 cm³/mol. The third kappa shape index (κ3) is 2.55. The number of amides is 1. The molecule has 1 amide bonds. The topological polar surface area (TPSA) is 33.2 Å². The van der Waals surface area contributed by atoms with Gasteiger partial charge in [-0.2, -0.15) is 0 Å². The zero-order valence-corrected chi connectivity index (χ0v) is 12.4. The maximum absolute atomic E-state index is 13.8. The van der Waals surface area contributed by atoms with E-state index in [0.29, 0.717) is 5.56 Å². The summed E-state index contributed by atoms with van der Waals surface area (Å²) in [5.41, 5.74) is 2.90. The Morgan fingerprint density at radius 2 is 1.82 bits per heavy atom. The molecule has 0 atom stereocenters. The summed E-state index contributed by atoms with van der Waals surface area (Å²) in [4.78, 5) is 17.8. The van der Waals surface area contributed by atoms with Gasteiger partial charge in [-0.05, 0) is 35.9 Å². The standard InChI is InChI=1S/C18H15FN2O/c1-21(2)18(22)13-7-5-12(6-8-13)16-11-15(19)10-14-4-3-9-20-17(14)16/h3-11H,1-2H3. The number of fused-ring (bicyclic) bond motifs is 1. The summed E-state index contributed by atoms with van der Waals surface area (Å²) in [5.74, 6) is -0.363. The van der Waals surface area contributed by atoms with Gasteiger partial charge in [0, 0.05) is 36.8 Å². The van der Waals surface area contributed by atoms with Crippen molar-refractivity contribution in [2.75, 3.05) is 14.1 Å². The van der Waals surface area contributed by atoms with Crippen molar-refractivity contribution in [1.29, 1.82) is 0 Å². The van der Waals surface area contributed by atoms with Crippen LogP contribution in [0.5, 0.6) is 0 Å². The Hall–Kier alpha value is -2.75. The first-order valence-corrected chi connectivity index (χ1v) is 6.92. The van der Waals surface area contributed by atoms with Crippen LogP contribution in [0, 0.1) is 5.82 Å². The molecule has 3 aromatic rings. The second kappa shape index (κ2) is 5.56. The van der Waals surface area contributed by atoms with Gasteiger partial charge in [0.2, 0.25) is 0 Å². The molecular weight excluding hydrogens is 279 g/mol. The highest BCUT2D eigenvalue weighted by Crippen LogP contribution is 2.28. The molecule has 110 valence electrons. The smallest absolute Gasteiger partial charge is 0.253 e. The second-order valence-corrected chi connectivity index (χ2v) is 5.31. The second-order valence-electron chi connectivity index (χ2n) is 5.31. The number of halogens is 1. The van der Waals surface area contributed by atoms with Gasteiger partial charge in [-0.15, -0.1) is 0 Å². The Kier molecular flexibility index (Phi) is 3.59. The van der Waals surface area contributed by atoms with Gasteiger partial charge < -0.3 is 4.90 Å². The van der Waals surface area contributed by atoms with E-state index in [-0.39, 0.29) is 11.7 Å². The number of carbonyl (C=O) groups is 1. The van der Waals surface area contributed by atoms with Crippen LogP contribution in [0.4, 0.5) is 4.39 Å². The predicted octanol–water partition coefficient (Wildman–Crippen LogP) is 3.74. The van der Waals surface area contributed by atoms with Gasteiger partial charge in [0.25, 0.3) is 5.91 Å². The Labute approximate surface area is 128 Å². The van der Waals surface area contributed by atoms with Crippen molar-refractivity contribution in [1.82, 2.24) is 9.88 Å². The molecule has 3 nitrogen and oxygen atoms in total. The normalized spacial score (nSPS) is 10.7. The molecule has 0 aliphatic heterocycles. The zero-order valence-electron chi connectivity index (χ0n) is 12.4. The van der Waals surface area contributed by atoms with Crippen LogP contribution in [0.1, 0.15) is 10.4 Å². The quantitative estimate of drug-likeness (QED) is 0.721. The van der Waals surface area contributed by atoms with Gasteiger partial charge in [0.05, 0.1) is 5.52 Å². The molecule has 0 spiro atoms. The lowest BCUT2D eigenvalue weighted by Gasteiger charge is -2.11. The van der Waals surface area contributed by atoms with Crippen LogP contribution < -0.4 is 0 Å². The summed E-state index contributed by atoms with van der Waals surface area (Å²) in [7, 11) is 3.42. The molecule has 1 heterocycles. The first kappa shape index (κ1) is 14.2. The van der Waals surface area contributed by atoms with Crippen LogP contribution in [0.25, 0.3) is 22.0 Å². The fourth-order valence-corrected chi connectivity index (χ4v) is 2.43. The summed E-state index contributed by atoms with van der Waals surface area (Å²) >= 11 is 0.